The SMILES string of the molecule is O=C(NC[C@H](NS(=O)(=O)CC1C2CC3CC(C2)CC1C3)C(=O)O)c1ccc(CCc2ccc3c(n2)NCCC3)cc1. The lowest BCUT2D eigenvalue weighted by Gasteiger charge is -2.54. The molecule has 0 radical (unpaired) electrons. The van der Waals surface area contributed by atoms with Gasteiger partial charge in [0.1, 0.15) is 11.9 Å². The van der Waals surface area contributed by atoms with Gasteiger partial charge in [0.25, 0.3) is 5.91 Å². The lowest BCUT2D eigenvalue weighted by Crippen LogP contribution is -2.52. The van der Waals surface area contributed by atoms with E-state index in [2.05, 4.69) is 27.5 Å². The molecule has 4 bridgehead atoms. The highest BCUT2D eigenvalue weighted by Crippen LogP contribution is 2.56. The number of hydrogen-bond acceptors (Lipinski definition) is 6. The van der Waals surface area contributed by atoms with Crippen LogP contribution in [0.1, 0.15) is 65.7 Å². The molecule has 7 rings (SSSR count). The molecule has 1 atom stereocenters. The van der Waals surface area contributed by atoms with Crippen LogP contribution in [-0.2, 0) is 34.1 Å². The van der Waals surface area contributed by atoms with Crippen molar-refractivity contribution in [3.63, 3.8) is 0 Å². The van der Waals surface area contributed by atoms with E-state index in [0.717, 1.165) is 86.8 Å². The second kappa shape index (κ2) is 11.7. The number of pyridine rings is 1. The topological polar surface area (TPSA) is 137 Å². The number of fused-ring (bicyclic) bond motifs is 1. The van der Waals surface area contributed by atoms with Crippen molar-refractivity contribution in [3.8, 4) is 0 Å². The van der Waals surface area contributed by atoms with Gasteiger partial charge in [-0.3, -0.25) is 9.59 Å². The molecule has 0 unspecified atom stereocenters. The summed E-state index contributed by atoms with van der Waals surface area (Å²) in [6.45, 7) is 0.628. The smallest absolute Gasteiger partial charge is 0.323 e. The van der Waals surface area contributed by atoms with Gasteiger partial charge in [-0.15, -0.1) is 0 Å². The number of aromatic nitrogens is 1. The minimum Gasteiger partial charge on any atom is -0.480 e. The molecule has 1 aromatic carbocycles. The third-order valence-corrected chi connectivity index (χ3v) is 11.2. The van der Waals surface area contributed by atoms with Crippen LogP contribution in [0.3, 0.4) is 0 Å². The largest absolute Gasteiger partial charge is 0.480 e. The van der Waals surface area contributed by atoms with Crippen LogP contribution >= 0.6 is 0 Å². The normalized spacial score (nSPS) is 27.1. The zero-order valence-corrected chi connectivity index (χ0v) is 24.2. The first-order valence-electron chi connectivity index (χ1n) is 15.0. The molecule has 41 heavy (non-hydrogen) atoms. The average Bonchev–Trinajstić information content (AvgIpc) is 2.95. The lowest BCUT2D eigenvalue weighted by molar-refractivity contribution is -0.138. The van der Waals surface area contributed by atoms with Gasteiger partial charge in [-0.1, -0.05) is 18.2 Å². The van der Waals surface area contributed by atoms with Crippen molar-refractivity contribution >= 4 is 27.7 Å². The molecular formula is C31H40N4O5S. The third kappa shape index (κ3) is 6.59. The Labute approximate surface area is 242 Å². The van der Waals surface area contributed by atoms with Crippen LogP contribution < -0.4 is 15.4 Å². The maximum atomic E-state index is 13.0. The Kier molecular flexibility index (Phi) is 8.05. The van der Waals surface area contributed by atoms with Gasteiger partial charge in [0.05, 0.1) is 5.75 Å². The van der Waals surface area contributed by atoms with E-state index < -0.39 is 27.9 Å². The van der Waals surface area contributed by atoms with Crippen molar-refractivity contribution in [2.75, 3.05) is 24.2 Å². The number of hydrogen-bond donors (Lipinski definition) is 4. The number of aryl methyl sites for hydroxylation is 3. The molecule has 1 aromatic heterocycles. The van der Waals surface area contributed by atoms with Crippen LogP contribution in [-0.4, -0.2) is 55.3 Å². The first-order valence-corrected chi connectivity index (χ1v) is 16.7. The van der Waals surface area contributed by atoms with Gasteiger partial charge in [0.15, 0.2) is 0 Å². The standard InChI is InChI=1S/C31H40N4O5S/c36-30(23-6-3-19(4-7-23)5-9-26-10-8-22-2-1-11-32-29(22)34-26)33-17-28(31(37)38)35-41(39,40)18-27-24-13-20-12-21(15-24)16-25(27)14-20/h3-4,6-8,10,20-21,24-25,27-28,35H,1-2,5,9,11-18H2,(H,32,34)(H,33,36)(H,37,38)/t20?,21?,24?,25?,27?,28-/m0/s1. The molecule has 4 saturated carbocycles. The Morgan fingerprint density at radius 2 is 1.68 bits per heavy atom. The van der Waals surface area contributed by atoms with Crippen molar-refractivity contribution < 1.29 is 23.1 Å². The van der Waals surface area contributed by atoms with E-state index in [4.69, 9.17) is 4.98 Å². The molecule has 1 aliphatic heterocycles. The number of rotatable bonds is 11. The maximum Gasteiger partial charge on any atom is 0.323 e. The fourth-order valence-electron chi connectivity index (χ4n) is 7.91. The molecular weight excluding hydrogens is 540 g/mol. The van der Waals surface area contributed by atoms with Crippen molar-refractivity contribution in [1.29, 1.82) is 0 Å². The van der Waals surface area contributed by atoms with E-state index in [-0.39, 0.29) is 18.2 Å². The molecule has 0 spiro atoms. The monoisotopic (exact) mass is 580 g/mol. The minimum absolute atomic E-state index is 0.0293. The maximum absolute atomic E-state index is 13.0. The zero-order chi connectivity index (χ0) is 28.6. The predicted octanol–water partition coefficient (Wildman–Crippen LogP) is 3.40. The van der Waals surface area contributed by atoms with Gasteiger partial charge in [-0.2, -0.15) is 4.72 Å². The summed E-state index contributed by atoms with van der Waals surface area (Å²) in [7, 11) is -3.81. The third-order valence-electron chi connectivity index (χ3n) is 9.76. The Hall–Kier alpha value is -2.98. The summed E-state index contributed by atoms with van der Waals surface area (Å²) in [6.07, 6.45) is 9.45. The summed E-state index contributed by atoms with van der Waals surface area (Å²) >= 11 is 0. The molecule has 0 saturated heterocycles. The van der Waals surface area contributed by atoms with Crippen LogP contribution in [0.2, 0.25) is 0 Å². The molecule has 4 fully saturated rings. The van der Waals surface area contributed by atoms with E-state index >= 15 is 0 Å². The van der Waals surface area contributed by atoms with Gasteiger partial charge in [-0.25, -0.2) is 13.4 Å². The number of amides is 1. The van der Waals surface area contributed by atoms with E-state index in [1.807, 2.05) is 12.1 Å². The number of carboxylic acids is 1. The summed E-state index contributed by atoms with van der Waals surface area (Å²) in [6, 6.07) is 9.98. The first kappa shape index (κ1) is 28.2. The molecule has 4 N–H and O–H groups in total. The number of nitrogens with one attached hydrogen (secondary N) is 3. The minimum atomic E-state index is -3.81. The highest BCUT2D eigenvalue weighted by atomic mass is 32.2. The molecule has 10 heteroatoms. The number of anilines is 1. The average molecular weight is 581 g/mol. The van der Waals surface area contributed by atoms with Gasteiger partial charge in [0.2, 0.25) is 10.0 Å². The highest BCUT2D eigenvalue weighted by Gasteiger charge is 2.49. The van der Waals surface area contributed by atoms with Crippen LogP contribution in [0.4, 0.5) is 5.82 Å². The molecule has 2 heterocycles. The first-order chi connectivity index (χ1) is 19.7. The highest BCUT2D eigenvalue weighted by molar-refractivity contribution is 7.89. The molecule has 220 valence electrons. The van der Waals surface area contributed by atoms with E-state index in [1.165, 1.54) is 12.0 Å². The Bertz CT molecular complexity index is 1370. The number of carbonyl (C=O) groups is 2. The summed E-state index contributed by atoms with van der Waals surface area (Å²) in [5.41, 5.74) is 3.74. The number of aliphatic carboxylic acids is 1. The van der Waals surface area contributed by atoms with Crippen molar-refractivity contribution in [3.05, 3.63) is 58.8 Å². The van der Waals surface area contributed by atoms with Gasteiger partial charge in [-0.05, 0) is 117 Å². The molecule has 2 aromatic rings. The van der Waals surface area contributed by atoms with Crippen LogP contribution in [0, 0.1) is 29.6 Å². The summed E-state index contributed by atoms with van der Waals surface area (Å²) in [5, 5.41) is 15.7. The van der Waals surface area contributed by atoms with Crippen molar-refractivity contribution in [2.24, 2.45) is 29.6 Å². The van der Waals surface area contributed by atoms with Crippen LogP contribution in [0.5, 0.6) is 0 Å². The number of nitrogens with zero attached hydrogens (tertiary/aromatic N) is 1. The predicted molar refractivity (Wildman–Crippen MR) is 156 cm³/mol. The van der Waals surface area contributed by atoms with Crippen LogP contribution in [0.15, 0.2) is 36.4 Å². The number of carbonyl (C=O) groups excluding carboxylic acids is 1. The zero-order valence-electron chi connectivity index (χ0n) is 23.3. The molecule has 4 aliphatic carbocycles. The Balaban J connectivity index is 0.995. The van der Waals surface area contributed by atoms with E-state index in [0.29, 0.717) is 17.4 Å². The fraction of sp³-hybridized carbons (Fsp3) is 0.581. The van der Waals surface area contributed by atoms with Crippen LogP contribution in [0.25, 0.3) is 0 Å². The number of carboxylic acid groups (broad SMARTS) is 1. The molecule has 5 aliphatic rings. The van der Waals surface area contributed by atoms with Gasteiger partial charge >= 0.3 is 5.97 Å². The second-order valence-electron chi connectivity index (χ2n) is 12.6. The summed E-state index contributed by atoms with van der Waals surface area (Å²) in [4.78, 5) is 29.4. The quantitative estimate of drug-likeness (QED) is 0.320. The number of sulfonamides is 1. The molecule has 9 nitrogen and oxygen atoms in total. The Morgan fingerprint density at radius 1 is 0.976 bits per heavy atom. The Morgan fingerprint density at radius 3 is 2.37 bits per heavy atom. The fourth-order valence-corrected chi connectivity index (χ4v) is 9.67. The van der Waals surface area contributed by atoms with Crippen molar-refractivity contribution in [1.82, 2.24) is 15.0 Å². The number of benzene rings is 1. The van der Waals surface area contributed by atoms with E-state index in [9.17, 15) is 23.1 Å². The van der Waals surface area contributed by atoms with Crippen molar-refractivity contribution in [2.45, 2.75) is 63.8 Å². The summed E-state index contributed by atoms with van der Waals surface area (Å²) in [5.74, 6) is 1.65. The van der Waals surface area contributed by atoms with Gasteiger partial charge in [0, 0.05) is 24.3 Å². The van der Waals surface area contributed by atoms with E-state index in [1.54, 1.807) is 12.1 Å². The van der Waals surface area contributed by atoms with Gasteiger partial charge < -0.3 is 15.7 Å². The lowest BCUT2D eigenvalue weighted by atomic mass is 9.52. The molecule has 1 amide bonds. The second-order valence-corrected chi connectivity index (χ2v) is 14.4. The summed E-state index contributed by atoms with van der Waals surface area (Å²) < 4.78 is 28.4.